The zero-order chi connectivity index (χ0) is 17.7. The molecular formula is C19H28N4S. The molecule has 1 aromatic carbocycles. The maximum atomic E-state index is 4.56. The molecule has 1 aromatic heterocycles. The van der Waals surface area contributed by atoms with E-state index in [1.165, 1.54) is 16.0 Å². The van der Waals surface area contributed by atoms with Crippen LogP contribution in [0.3, 0.4) is 0 Å². The van der Waals surface area contributed by atoms with E-state index in [0.717, 1.165) is 23.2 Å². The first-order chi connectivity index (χ1) is 11.3. The Balaban J connectivity index is 1.94. The SMILES string of the molecule is CN=C(NCc1nc(C)c(C)s1)NCC(C)(C)c1ccccc1C. The highest BCUT2D eigenvalue weighted by Gasteiger charge is 2.22. The van der Waals surface area contributed by atoms with Crippen molar-refractivity contribution in [2.24, 2.45) is 4.99 Å². The fourth-order valence-corrected chi connectivity index (χ4v) is 3.60. The Bertz CT molecular complexity index is 696. The van der Waals surface area contributed by atoms with E-state index in [-0.39, 0.29) is 5.41 Å². The summed E-state index contributed by atoms with van der Waals surface area (Å²) in [5, 5.41) is 7.88. The lowest BCUT2D eigenvalue weighted by Crippen LogP contribution is -2.43. The molecule has 1 heterocycles. The fourth-order valence-electron chi connectivity index (χ4n) is 2.73. The molecule has 5 heteroatoms. The Kier molecular flexibility index (Phi) is 5.99. The van der Waals surface area contributed by atoms with Gasteiger partial charge in [0.1, 0.15) is 5.01 Å². The average molecular weight is 345 g/mol. The summed E-state index contributed by atoms with van der Waals surface area (Å²) in [6.07, 6.45) is 0. The number of aliphatic imine (C=N–C) groups is 1. The molecule has 4 nitrogen and oxygen atoms in total. The van der Waals surface area contributed by atoms with Crippen molar-refractivity contribution >= 4 is 17.3 Å². The quantitative estimate of drug-likeness (QED) is 0.642. The number of thiazole rings is 1. The van der Waals surface area contributed by atoms with Crippen LogP contribution in [0.4, 0.5) is 0 Å². The van der Waals surface area contributed by atoms with Gasteiger partial charge in [0.15, 0.2) is 5.96 Å². The van der Waals surface area contributed by atoms with Gasteiger partial charge in [0, 0.05) is 23.9 Å². The van der Waals surface area contributed by atoms with Gasteiger partial charge in [0.25, 0.3) is 0 Å². The normalized spacial score (nSPS) is 12.3. The van der Waals surface area contributed by atoms with Crippen molar-refractivity contribution in [2.45, 2.75) is 46.6 Å². The maximum absolute atomic E-state index is 4.56. The van der Waals surface area contributed by atoms with Crippen LogP contribution in [0.25, 0.3) is 0 Å². The molecule has 0 spiro atoms. The zero-order valence-electron chi connectivity index (χ0n) is 15.5. The minimum Gasteiger partial charge on any atom is -0.356 e. The molecule has 2 aromatic rings. The van der Waals surface area contributed by atoms with E-state index in [4.69, 9.17) is 0 Å². The predicted octanol–water partition coefficient (Wildman–Crippen LogP) is 3.71. The van der Waals surface area contributed by atoms with E-state index >= 15 is 0 Å². The van der Waals surface area contributed by atoms with Crippen molar-refractivity contribution in [1.82, 2.24) is 15.6 Å². The Morgan fingerprint density at radius 2 is 1.88 bits per heavy atom. The molecule has 2 rings (SSSR count). The van der Waals surface area contributed by atoms with E-state index in [2.05, 4.69) is 72.6 Å². The molecule has 0 bridgehead atoms. The summed E-state index contributed by atoms with van der Waals surface area (Å²) in [6.45, 7) is 12.3. The summed E-state index contributed by atoms with van der Waals surface area (Å²) in [7, 11) is 1.80. The third-order valence-electron chi connectivity index (χ3n) is 4.28. The van der Waals surface area contributed by atoms with E-state index in [1.807, 2.05) is 6.92 Å². The molecule has 0 radical (unpaired) electrons. The summed E-state index contributed by atoms with van der Waals surface area (Å²) in [5.41, 5.74) is 3.82. The fraction of sp³-hybridized carbons (Fsp3) is 0.474. The molecule has 0 amide bonds. The van der Waals surface area contributed by atoms with Crippen molar-refractivity contribution in [1.29, 1.82) is 0 Å². The van der Waals surface area contributed by atoms with Gasteiger partial charge in [-0.2, -0.15) is 0 Å². The third kappa shape index (κ3) is 4.57. The minimum atomic E-state index is 0.0251. The van der Waals surface area contributed by atoms with E-state index in [9.17, 15) is 0 Å². The Labute approximate surface area is 149 Å². The summed E-state index contributed by atoms with van der Waals surface area (Å²) < 4.78 is 0. The van der Waals surface area contributed by atoms with Crippen LogP contribution in [0.1, 0.15) is 40.6 Å². The van der Waals surface area contributed by atoms with Crippen LogP contribution in [0, 0.1) is 20.8 Å². The summed E-state index contributed by atoms with van der Waals surface area (Å²) in [6, 6.07) is 8.55. The monoisotopic (exact) mass is 344 g/mol. The van der Waals surface area contributed by atoms with Crippen LogP contribution in [-0.4, -0.2) is 24.5 Å². The molecular weight excluding hydrogens is 316 g/mol. The van der Waals surface area contributed by atoms with Crippen molar-refractivity contribution in [3.8, 4) is 0 Å². The molecule has 0 aliphatic rings. The standard InChI is InChI=1S/C19H28N4S/c1-13-9-7-8-10-16(13)19(4,5)12-22-18(20-6)21-11-17-23-14(2)15(3)24-17/h7-10H,11-12H2,1-6H3,(H2,20,21,22). The molecule has 0 saturated carbocycles. The first-order valence-electron chi connectivity index (χ1n) is 8.27. The van der Waals surface area contributed by atoms with Gasteiger partial charge in [-0.05, 0) is 31.9 Å². The number of guanidine groups is 1. The highest BCUT2D eigenvalue weighted by atomic mass is 32.1. The smallest absolute Gasteiger partial charge is 0.191 e. The summed E-state index contributed by atoms with van der Waals surface area (Å²) >= 11 is 1.73. The van der Waals surface area contributed by atoms with Crippen molar-refractivity contribution in [3.05, 3.63) is 51.0 Å². The summed E-state index contributed by atoms with van der Waals surface area (Å²) in [5.74, 6) is 0.808. The van der Waals surface area contributed by atoms with Gasteiger partial charge in [-0.25, -0.2) is 4.98 Å². The molecule has 0 unspecified atom stereocenters. The number of aryl methyl sites for hydroxylation is 3. The maximum Gasteiger partial charge on any atom is 0.191 e. The van der Waals surface area contributed by atoms with Crippen molar-refractivity contribution < 1.29 is 0 Å². The van der Waals surface area contributed by atoms with Gasteiger partial charge in [-0.15, -0.1) is 11.3 Å². The van der Waals surface area contributed by atoms with Crippen molar-refractivity contribution in [3.63, 3.8) is 0 Å². The van der Waals surface area contributed by atoms with Gasteiger partial charge < -0.3 is 10.6 Å². The lowest BCUT2D eigenvalue weighted by atomic mass is 9.82. The Hall–Kier alpha value is -1.88. The highest BCUT2D eigenvalue weighted by Crippen LogP contribution is 2.25. The van der Waals surface area contributed by atoms with Crippen LogP contribution >= 0.6 is 11.3 Å². The van der Waals surface area contributed by atoms with Crippen LogP contribution in [0.15, 0.2) is 29.3 Å². The van der Waals surface area contributed by atoms with Gasteiger partial charge in [-0.3, -0.25) is 4.99 Å². The number of benzene rings is 1. The largest absolute Gasteiger partial charge is 0.356 e. The molecule has 0 atom stereocenters. The first kappa shape index (κ1) is 18.5. The number of nitrogens with one attached hydrogen (secondary N) is 2. The summed E-state index contributed by atoms with van der Waals surface area (Å²) in [4.78, 5) is 10.2. The molecule has 130 valence electrons. The number of hydrogen-bond acceptors (Lipinski definition) is 3. The van der Waals surface area contributed by atoms with E-state index in [0.29, 0.717) is 6.54 Å². The topological polar surface area (TPSA) is 49.3 Å². The second-order valence-corrected chi connectivity index (χ2v) is 8.02. The third-order valence-corrected chi connectivity index (χ3v) is 5.35. The molecule has 2 N–H and O–H groups in total. The molecule has 0 saturated heterocycles. The molecule has 0 aliphatic heterocycles. The lowest BCUT2D eigenvalue weighted by Gasteiger charge is -2.28. The second kappa shape index (κ2) is 7.79. The first-order valence-corrected chi connectivity index (χ1v) is 9.08. The van der Waals surface area contributed by atoms with Gasteiger partial charge in [0.05, 0.1) is 12.2 Å². The zero-order valence-corrected chi connectivity index (χ0v) is 16.3. The van der Waals surface area contributed by atoms with Gasteiger partial charge >= 0.3 is 0 Å². The highest BCUT2D eigenvalue weighted by molar-refractivity contribution is 7.11. The van der Waals surface area contributed by atoms with E-state index in [1.54, 1.807) is 18.4 Å². The molecule has 24 heavy (non-hydrogen) atoms. The van der Waals surface area contributed by atoms with Crippen LogP contribution in [0.2, 0.25) is 0 Å². The number of rotatable bonds is 5. The minimum absolute atomic E-state index is 0.0251. The van der Waals surface area contributed by atoms with E-state index < -0.39 is 0 Å². The second-order valence-electron chi connectivity index (χ2n) is 6.73. The van der Waals surface area contributed by atoms with Gasteiger partial charge in [-0.1, -0.05) is 38.1 Å². The molecule has 0 aliphatic carbocycles. The Morgan fingerprint density at radius 1 is 1.17 bits per heavy atom. The molecule has 0 fully saturated rings. The average Bonchev–Trinajstić information content (AvgIpc) is 2.86. The lowest BCUT2D eigenvalue weighted by molar-refractivity contribution is 0.506. The number of nitrogens with zero attached hydrogens (tertiary/aromatic N) is 2. The number of hydrogen-bond donors (Lipinski definition) is 2. The van der Waals surface area contributed by atoms with Crippen LogP contribution < -0.4 is 10.6 Å². The van der Waals surface area contributed by atoms with Crippen LogP contribution in [-0.2, 0) is 12.0 Å². The Morgan fingerprint density at radius 3 is 2.46 bits per heavy atom. The van der Waals surface area contributed by atoms with Crippen LogP contribution in [0.5, 0.6) is 0 Å². The predicted molar refractivity (Wildman–Crippen MR) is 104 cm³/mol. The van der Waals surface area contributed by atoms with Crippen molar-refractivity contribution in [2.75, 3.05) is 13.6 Å². The van der Waals surface area contributed by atoms with Gasteiger partial charge in [0.2, 0.25) is 0 Å². The number of aromatic nitrogens is 1.